The SMILES string of the molecule is O=C(NCCNS(=O)(=O)Cc1ccccc1)C1CCCN(C(=O)N2CCCC2)C1. The van der Waals surface area contributed by atoms with Crippen molar-refractivity contribution < 1.29 is 18.0 Å². The van der Waals surface area contributed by atoms with Crippen LogP contribution in [0.5, 0.6) is 0 Å². The summed E-state index contributed by atoms with van der Waals surface area (Å²) in [7, 11) is -3.45. The average Bonchev–Trinajstić information content (AvgIpc) is 3.26. The van der Waals surface area contributed by atoms with Gasteiger partial charge in [0.25, 0.3) is 0 Å². The number of carbonyl (C=O) groups excluding carboxylic acids is 2. The standard InChI is InChI=1S/C20H30N4O4S/c25-19(18-9-6-14-24(15-18)20(26)23-12-4-5-13-23)21-10-11-22-29(27,28)16-17-7-2-1-3-8-17/h1-3,7-8,18,22H,4-6,9-16H2,(H,21,25). The molecule has 160 valence electrons. The molecule has 29 heavy (non-hydrogen) atoms. The number of benzene rings is 1. The van der Waals surface area contributed by atoms with Gasteiger partial charge in [0.2, 0.25) is 15.9 Å². The van der Waals surface area contributed by atoms with Gasteiger partial charge in [-0.1, -0.05) is 30.3 Å². The maximum atomic E-state index is 12.5. The van der Waals surface area contributed by atoms with Gasteiger partial charge >= 0.3 is 6.03 Å². The van der Waals surface area contributed by atoms with Gasteiger partial charge < -0.3 is 15.1 Å². The van der Waals surface area contributed by atoms with E-state index in [0.717, 1.165) is 38.8 Å². The van der Waals surface area contributed by atoms with Gasteiger partial charge in [-0.15, -0.1) is 0 Å². The molecule has 0 bridgehead atoms. The van der Waals surface area contributed by atoms with Crippen molar-refractivity contribution in [3.05, 3.63) is 35.9 Å². The normalized spacial score (nSPS) is 19.9. The van der Waals surface area contributed by atoms with E-state index >= 15 is 0 Å². The Bertz CT molecular complexity index is 794. The van der Waals surface area contributed by atoms with Gasteiger partial charge in [0.05, 0.1) is 11.7 Å². The lowest BCUT2D eigenvalue weighted by molar-refractivity contribution is -0.126. The monoisotopic (exact) mass is 422 g/mol. The second-order valence-corrected chi connectivity index (χ2v) is 9.50. The first kappa shape index (κ1) is 21.6. The van der Waals surface area contributed by atoms with E-state index in [2.05, 4.69) is 10.0 Å². The van der Waals surface area contributed by atoms with Crippen LogP contribution in [-0.4, -0.2) is 69.4 Å². The summed E-state index contributed by atoms with van der Waals surface area (Å²) in [4.78, 5) is 28.6. The molecular weight excluding hydrogens is 392 g/mol. The third kappa shape index (κ3) is 6.43. The molecule has 0 aliphatic carbocycles. The molecule has 2 aliphatic heterocycles. The highest BCUT2D eigenvalue weighted by Gasteiger charge is 2.31. The van der Waals surface area contributed by atoms with E-state index in [4.69, 9.17) is 0 Å². The van der Waals surface area contributed by atoms with Gasteiger partial charge in [-0.3, -0.25) is 4.79 Å². The van der Waals surface area contributed by atoms with Crippen molar-refractivity contribution in [3.63, 3.8) is 0 Å². The van der Waals surface area contributed by atoms with E-state index in [1.807, 2.05) is 11.0 Å². The molecule has 8 nitrogen and oxygen atoms in total. The number of rotatable bonds is 7. The van der Waals surface area contributed by atoms with Crippen LogP contribution in [0.1, 0.15) is 31.2 Å². The van der Waals surface area contributed by atoms with Gasteiger partial charge in [-0.25, -0.2) is 17.9 Å². The fraction of sp³-hybridized carbons (Fsp3) is 0.600. The number of nitrogens with zero attached hydrogens (tertiary/aromatic N) is 2. The van der Waals surface area contributed by atoms with Crippen molar-refractivity contribution in [2.45, 2.75) is 31.4 Å². The van der Waals surface area contributed by atoms with E-state index in [9.17, 15) is 18.0 Å². The number of hydrogen-bond donors (Lipinski definition) is 2. The van der Waals surface area contributed by atoms with Crippen molar-refractivity contribution in [1.82, 2.24) is 19.8 Å². The first-order valence-corrected chi connectivity index (χ1v) is 11.9. The van der Waals surface area contributed by atoms with Crippen LogP contribution in [0.4, 0.5) is 4.79 Å². The lowest BCUT2D eigenvalue weighted by Gasteiger charge is -2.34. The van der Waals surface area contributed by atoms with Crippen molar-refractivity contribution in [2.24, 2.45) is 5.92 Å². The summed E-state index contributed by atoms with van der Waals surface area (Å²) < 4.78 is 26.8. The molecule has 1 atom stereocenters. The lowest BCUT2D eigenvalue weighted by atomic mass is 9.97. The van der Waals surface area contributed by atoms with Gasteiger partial charge in [-0.05, 0) is 31.2 Å². The maximum Gasteiger partial charge on any atom is 0.320 e. The molecule has 3 rings (SSSR count). The summed E-state index contributed by atoms with van der Waals surface area (Å²) in [6.45, 7) is 3.09. The van der Waals surface area contributed by atoms with Crippen molar-refractivity contribution in [3.8, 4) is 0 Å². The smallest absolute Gasteiger partial charge is 0.320 e. The molecular formula is C20H30N4O4S. The Kier molecular flexibility index (Phi) is 7.49. The number of amides is 3. The highest BCUT2D eigenvalue weighted by molar-refractivity contribution is 7.88. The van der Waals surface area contributed by atoms with Gasteiger partial charge in [0, 0.05) is 39.3 Å². The quantitative estimate of drug-likeness (QED) is 0.644. The molecule has 0 radical (unpaired) electrons. The minimum Gasteiger partial charge on any atom is -0.354 e. The molecule has 0 spiro atoms. The predicted octanol–water partition coefficient (Wildman–Crippen LogP) is 1.15. The summed E-state index contributed by atoms with van der Waals surface area (Å²) in [5.74, 6) is -0.444. The van der Waals surface area contributed by atoms with Crippen molar-refractivity contribution in [2.75, 3.05) is 39.3 Å². The molecule has 3 amide bonds. The Morgan fingerprint density at radius 3 is 2.38 bits per heavy atom. The Balaban J connectivity index is 1.39. The number of sulfonamides is 1. The van der Waals surface area contributed by atoms with E-state index < -0.39 is 10.0 Å². The zero-order chi connectivity index (χ0) is 20.7. The summed E-state index contributed by atoms with van der Waals surface area (Å²) in [5, 5.41) is 2.80. The summed E-state index contributed by atoms with van der Waals surface area (Å²) in [6.07, 6.45) is 3.64. The van der Waals surface area contributed by atoms with E-state index in [1.165, 1.54) is 0 Å². The number of piperidine rings is 1. The number of urea groups is 1. The zero-order valence-electron chi connectivity index (χ0n) is 16.7. The van der Waals surface area contributed by atoms with Crippen LogP contribution in [-0.2, 0) is 20.6 Å². The Hall–Kier alpha value is -2.13. The molecule has 2 saturated heterocycles. The molecule has 1 aromatic carbocycles. The fourth-order valence-corrected chi connectivity index (χ4v) is 5.00. The molecule has 2 fully saturated rings. The summed E-state index contributed by atoms with van der Waals surface area (Å²) >= 11 is 0. The lowest BCUT2D eigenvalue weighted by Crippen LogP contribution is -2.50. The van der Waals surface area contributed by atoms with Crippen LogP contribution < -0.4 is 10.0 Å². The first-order valence-electron chi connectivity index (χ1n) is 10.3. The van der Waals surface area contributed by atoms with Crippen molar-refractivity contribution >= 4 is 22.0 Å². The molecule has 2 N–H and O–H groups in total. The van der Waals surface area contributed by atoms with E-state index in [0.29, 0.717) is 18.7 Å². The van der Waals surface area contributed by atoms with E-state index in [-0.39, 0.29) is 36.7 Å². The second-order valence-electron chi connectivity index (χ2n) is 7.69. The van der Waals surface area contributed by atoms with Crippen LogP contribution in [0, 0.1) is 5.92 Å². The molecule has 0 aromatic heterocycles. The fourth-order valence-electron chi connectivity index (χ4n) is 3.85. The minimum atomic E-state index is -3.45. The van der Waals surface area contributed by atoms with Crippen LogP contribution in [0.2, 0.25) is 0 Å². The predicted molar refractivity (Wildman–Crippen MR) is 111 cm³/mol. The van der Waals surface area contributed by atoms with Crippen LogP contribution in [0.15, 0.2) is 30.3 Å². The Morgan fingerprint density at radius 2 is 1.66 bits per heavy atom. The third-order valence-electron chi connectivity index (χ3n) is 5.39. The third-order valence-corrected chi connectivity index (χ3v) is 6.74. The number of hydrogen-bond acceptors (Lipinski definition) is 4. The molecule has 1 unspecified atom stereocenters. The number of likely N-dealkylation sites (tertiary alicyclic amines) is 2. The Labute approximate surface area is 172 Å². The average molecular weight is 423 g/mol. The number of carbonyl (C=O) groups is 2. The molecule has 1 aromatic rings. The highest BCUT2D eigenvalue weighted by atomic mass is 32.2. The van der Waals surface area contributed by atoms with Gasteiger partial charge in [0.1, 0.15) is 0 Å². The summed E-state index contributed by atoms with van der Waals surface area (Å²) in [5.41, 5.74) is 0.717. The van der Waals surface area contributed by atoms with Gasteiger partial charge in [0.15, 0.2) is 0 Å². The number of nitrogens with one attached hydrogen (secondary N) is 2. The van der Waals surface area contributed by atoms with Crippen LogP contribution in [0.25, 0.3) is 0 Å². The van der Waals surface area contributed by atoms with Gasteiger partial charge in [-0.2, -0.15) is 0 Å². The zero-order valence-corrected chi connectivity index (χ0v) is 17.5. The molecule has 9 heteroatoms. The van der Waals surface area contributed by atoms with Crippen LogP contribution in [0.3, 0.4) is 0 Å². The Morgan fingerprint density at radius 1 is 0.966 bits per heavy atom. The largest absolute Gasteiger partial charge is 0.354 e. The van der Waals surface area contributed by atoms with E-state index in [1.54, 1.807) is 29.2 Å². The van der Waals surface area contributed by atoms with Crippen LogP contribution >= 0.6 is 0 Å². The second kappa shape index (κ2) is 10.1. The topological polar surface area (TPSA) is 98.8 Å². The minimum absolute atomic E-state index is 0.0358. The van der Waals surface area contributed by atoms with Crippen molar-refractivity contribution in [1.29, 1.82) is 0 Å². The molecule has 2 heterocycles. The molecule has 0 saturated carbocycles. The summed E-state index contributed by atoms with van der Waals surface area (Å²) in [6, 6.07) is 9.00. The first-order chi connectivity index (χ1) is 13.9. The highest BCUT2D eigenvalue weighted by Crippen LogP contribution is 2.19. The maximum absolute atomic E-state index is 12.5. The molecule has 2 aliphatic rings.